The Morgan fingerprint density at radius 2 is 2.00 bits per heavy atom. The van der Waals surface area contributed by atoms with Crippen molar-refractivity contribution in [1.82, 2.24) is 9.78 Å². The molecule has 0 aromatic carbocycles. The van der Waals surface area contributed by atoms with Crippen molar-refractivity contribution in [2.24, 2.45) is 0 Å². The molecule has 0 bridgehead atoms. The van der Waals surface area contributed by atoms with Gasteiger partial charge in [0, 0.05) is 17.1 Å². The van der Waals surface area contributed by atoms with Crippen LogP contribution in [-0.4, -0.2) is 28.3 Å². The molecule has 7 heteroatoms. The second-order valence-electron chi connectivity index (χ2n) is 5.12. The maximum Gasteiger partial charge on any atom is 0.341 e. The van der Waals surface area contributed by atoms with Crippen LogP contribution in [0.3, 0.4) is 0 Å². The highest BCUT2D eigenvalue weighted by Gasteiger charge is 2.23. The monoisotopic (exact) mass is 335 g/mol. The predicted molar refractivity (Wildman–Crippen MR) is 90.3 cm³/mol. The van der Waals surface area contributed by atoms with Gasteiger partial charge in [-0.05, 0) is 40.2 Å². The van der Waals surface area contributed by atoms with E-state index in [1.807, 2.05) is 27.7 Å². The molecule has 124 valence electrons. The molecule has 23 heavy (non-hydrogen) atoms. The second kappa shape index (κ2) is 6.95. The molecule has 0 aliphatic heterocycles. The van der Waals surface area contributed by atoms with Gasteiger partial charge in [0.2, 0.25) is 0 Å². The molecule has 0 saturated heterocycles. The average Bonchev–Trinajstić information content (AvgIpc) is 3.00. The molecule has 0 aliphatic carbocycles. The van der Waals surface area contributed by atoms with E-state index in [1.54, 1.807) is 17.8 Å². The SMILES string of the molecule is CCOC(=O)c1c(NC(=O)c2cnn(CC)c2C)sc(C)c1C. The van der Waals surface area contributed by atoms with E-state index in [9.17, 15) is 9.59 Å². The van der Waals surface area contributed by atoms with Gasteiger partial charge in [0.05, 0.1) is 23.9 Å². The van der Waals surface area contributed by atoms with Gasteiger partial charge in [0.25, 0.3) is 5.91 Å². The molecular weight excluding hydrogens is 314 g/mol. The van der Waals surface area contributed by atoms with Gasteiger partial charge in [-0.1, -0.05) is 0 Å². The number of hydrogen-bond acceptors (Lipinski definition) is 5. The van der Waals surface area contributed by atoms with Crippen LogP contribution in [0.25, 0.3) is 0 Å². The van der Waals surface area contributed by atoms with Crippen molar-refractivity contribution in [3.63, 3.8) is 0 Å². The highest BCUT2D eigenvalue weighted by atomic mass is 32.1. The third-order valence-corrected chi connectivity index (χ3v) is 4.86. The number of anilines is 1. The Labute approximate surface area is 139 Å². The number of esters is 1. The third-order valence-electron chi connectivity index (χ3n) is 3.74. The summed E-state index contributed by atoms with van der Waals surface area (Å²) in [6.07, 6.45) is 1.55. The molecule has 0 radical (unpaired) electrons. The molecule has 1 amide bonds. The molecule has 1 N–H and O–H groups in total. The molecule has 2 rings (SSSR count). The summed E-state index contributed by atoms with van der Waals surface area (Å²) in [7, 11) is 0. The first kappa shape index (κ1) is 17.2. The number of nitrogens with zero attached hydrogens (tertiary/aromatic N) is 2. The molecule has 0 aliphatic rings. The molecule has 2 heterocycles. The molecule has 0 atom stereocenters. The smallest absolute Gasteiger partial charge is 0.341 e. The van der Waals surface area contributed by atoms with Crippen molar-refractivity contribution >= 4 is 28.2 Å². The molecule has 0 fully saturated rings. The summed E-state index contributed by atoms with van der Waals surface area (Å²) in [5, 5.41) is 7.53. The van der Waals surface area contributed by atoms with Crippen LogP contribution in [0.5, 0.6) is 0 Å². The molecule has 2 aromatic rings. The van der Waals surface area contributed by atoms with Gasteiger partial charge in [0.1, 0.15) is 5.00 Å². The van der Waals surface area contributed by atoms with Crippen LogP contribution in [0.15, 0.2) is 6.20 Å². The zero-order valence-electron chi connectivity index (χ0n) is 14.0. The van der Waals surface area contributed by atoms with E-state index < -0.39 is 5.97 Å². The zero-order chi connectivity index (χ0) is 17.1. The van der Waals surface area contributed by atoms with Crippen molar-refractivity contribution in [2.75, 3.05) is 11.9 Å². The van der Waals surface area contributed by atoms with Gasteiger partial charge < -0.3 is 10.1 Å². The fraction of sp³-hybridized carbons (Fsp3) is 0.438. The first-order valence-corrected chi connectivity index (χ1v) is 8.33. The predicted octanol–water partition coefficient (Wildman–Crippen LogP) is 3.32. The van der Waals surface area contributed by atoms with E-state index in [0.29, 0.717) is 29.3 Å². The van der Waals surface area contributed by atoms with E-state index in [2.05, 4.69) is 10.4 Å². The van der Waals surface area contributed by atoms with Gasteiger partial charge in [-0.25, -0.2) is 4.79 Å². The van der Waals surface area contributed by atoms with Crippen molar-refractivity contribution in [2.45, 2.75) is 41.2 Å². The lowest BCUT2D eigenvalue weighted by Gasteiger charge is -2.07. The fourth-order valence-electron chi connectivity index (χ4n) is 2.32. The second-order valence-corrected chi connectivity index (χ2v) is 6.35. The van der Waals surface area contributed by atoms with Gasteiger partial charge in [0.15, 0.2) is 0 Å². The summed E-state index contributed by atoms with van der Waals surface area (Å²) in [6, 6.07) is 0. The van der Waals surface area contributed by atoms with E-state index in [0.717, 1.165) is 16.1 Å². The van der Waals surface area contributed by atoms with Crippen molar-refractivity contribution in [3.8, 4) is 0 Å². The molecule has 0 spiro atoms. The average molecular weight is 335 g/mol. The van der Waals surface area contributed by atoms with E-state index in [-0.39, 0.29) is 5.91 Å². The van der Waals surface area contributed by atoms with Crippen LogP contribution in [0, 0.1) is 20.8 Å². The number of aryl methyl sites for hydroxylation is 2. The van der Waals surface area contributed by atoms with Gasteiger partial charge in [-0.15, -0.1) is 11.3 Å². The number of amides is 1. The summed E-state index contributed by atoms with van der Waals surface area (Å²) in [5.74, 6) is -0.681. The number of nitrogens with one attached hydrogen (secondary N) is 1. The van der Waals surface area contributed by atoms with Gasteiger partial charge in [-0.3, -0.25) is 9.48 Å². The minimum absolute atomic E-state index is 0.269. The number of carbonyl (C=O) groups excluding carboxylic acids is 2. The zero-order valence-corrected chi connectivity index (χ0v) is 14.8. The lowest BCUT2D eigenvalue weighted by Crippen LogP contribution is -2.15. The maximum atomic E-state index is 12.5. The Balaban J connectivity index is 2.32. The van der Waals surface area contributed by atoms with Crippen LogP contribution in [0.2, 0.25) is 0 Å². The lowest BCUT2D eigenvalue weighted by atomic mass is 10.1. The summed E-state index contributed by atoms with van der Waals surface area (Å²) in [5.41, 5.74) is 2.58. The van der Waals surface area contributed by atoms with Gasteiger partial charge in [-0.2, -0.15) is 5.10 Å². The van der Waals surface area contributed by atoms with Crippen LogP contribution in [-0.2, 0) is 11.3 Å². The molecule has 0 unspecified atom stereocenters. The van der Waals surface area contributed by atoms with Crippen molar-refractivity contribution < 1.29 is 14.3 Å². The Kier molecular flexibility index (Phi) is 5.20. The summed E-state index contributed by atoms with van der Waals surface area (Å²) < 4.78 is 6.85. The number of ether oxygens (including phenoxy) is 1. The van der Waals surface area contributed by atoms with Crippen molar-refractivity contribution in [1.29, 1.82) is 0 Å². The number of hydrogen-bond donors (Lipinski definition) is 1. The summed E-state index contributed by atoms with van der Waals surface area (Å²) in [4.78, 5) is 25.6. The van der Waals surface area contributed by atoms with Crippen LogP contribution in [0.4, 0.5) is 5.00 Å². The van der Waals surface area contributed by atoms with Crippen molar-refractivity contribution in [3.05, 3.63) is 33.5 Å². The Morgan fingerprint density at radius 3 is 2.57 bits per heavy atom. The largest absolute Gasteiger partial charge is 0.462 e. The molecule has 6 nitrogen and oxygen atoms in total. The minimum Gasteiger partial charge on any atom is -0.462 e. The number of carbonyl (C=O) groups is 2. The minimum atomic E-state index is -0.411. The number of thiophene rings is 1. The van der Waals surface area contributed by atoms with E-state index in [1.165, 1.54) is 11.3 Å². The maximum absolute atomic E-state index is 12.5. The Bertz CT molecular complexity index is 746. The Hall–Kier alpha value is -2.15. The quantitative estimate of drug-likeness (QED) is 0.851. The normalized spacial score (nSPS) is 10.7. The van der Waals surface area contributed by atoms with Crippen LogP contribution < -0.4 is 5.32 Å². The number of aromatic nitrogens is 2. The number of rotatable bonds is 5. The standard InChI is InChI=1S/C16H21N3O3S/c1-6-19-10(4)12(8-17-19)14(20)18-15-13(16(21)22-7-2)9(3)11(5)23-15/h8H,6-7H2,1-5H3,(H,18,20). The topological polar surface area (TPSA) is 73.2 Å². The highest BCUT2D eigenvalue weighted by molar-refractivity contribution is 7.16. The fourth-order valence-corrected chi connectivity index (χ4v) is 3.37. The third kappa shape index (κ3) is 3.29. The first-order valence-electron chi connectivity index (χ1n) is 7.51. The molecule has 2 aromatic heterocycles. The summed E-state index contributed by atoms with van der Waals surface area (Å²) in [6.45, 7) is 10.3. The Morgan fingerprint density at radius 1 is 1.30 bits per heavy atom. The molecule has 0 saturated carbocycles. The van der Waals surface area contributed by atoms with Crippen LogP contribution >= 0.6 is 11.3 Å². The van der Waals surface area contributed by atoms with E-state index in [4.69, 9.17) is 4.74 Å². The lowest BCUT2D eigenvalue weighted by molar-refractivity contribution is 0.0527. The van der Waals surface area contributed by atoms with Gasteiger partial charge >= 0.3 is 5.97 Å². The highest BCUT2D eigenvalue weighted by Crippen LogP contribution is 2.33. The van der Waals surface area contributed by atoms with E-state index >= 15 is 0 Å². The molecular formula is C16H21N3O3S. The first-order chi connectivity index (χ1) is 10.9. The van der Waals surface area contributed by atoms with Crippen LogP contribution in [0.1, 0.15) is 50.7 Å². The summed E-state index contributed by atoms with van der Waals surface area (Å²) >= 11 is 1.38.